The van der Waals surface area contributed by atoms with E-state index in [0.717, 1.165) is 25.0 Å². The van der Waals surface area contributed by atoms with Gasteiger partial charge in [-0.3, -0.25) is 0 Å². The van der Waals surface area contributed by atoms with Crippen LogP contribution in [0.5, 0.6) is 0 Å². The van der Waals surface area contributed by atoms with Crippen LogP contribution >= 0.6 is 0 Å². The van der Waals surface area contributed by atoms with Gasteiger partial charge in [0, 0.05) is 6.61 Å². The molecule has 2 N–H and O–H groups in total. The maximum Gasteiger partial charge on any atom is 0.0809 e. The molecule has 2 rings (SSSR count). The molecule has 0 radical (unpaired) electrons. The third-order valence-corrected chi connectivity index (χ3v) is 3.66. The molecule has 3 heteroatoms. The lowest BCUT2D eigenvalue weighted by Gasteiger charge is -2.16. The van der Waals surface area contributed by atoms with Crippen molar-refractivity contribution in [2.24, 2.45) is 5.73 Å². The van der Waals surface area contributed by atoms with Crippen LogP contribution in [0.1, 0.15) is 49.8 Å². The van der Waals surface area contributed by atoms with E-state index >= 15 is 0 Å². The van der Waals surface area contributed by atoms with E-state index in [1.165, 1.54) is 5.56 Å². The van der Waals surface area contributed by atoms with E-state index in [0.29, 0.717) is 19.1 Å². The fourth-order valence-corrected chi connectivity index (χ4v) is 2.33. The predicted molar refractivity (Wildman–Crippen MR) is 77.3 cm³/mol. The molecule has 1 saturated heterocycles. The highest BCUT2D eigenvalue weighted by Gasteiger charge is 2.16. The molecular formula is C16H25NO2. The van der Waals surface area contributed by atoms with Gasteiger partial charge in [-0.05, 0) is 29.9 Å². The summed E-state index contributed by atoms with van der Waals surface area (Å²) in [5.74, 6) is 0.557. The zero-order chi connectivity index (χ0) is 13.7. The zero-order valence-corrected chi connectivity index (χ0v) is 12.0. The van der Waals surface area contributed by atoms with E-state index in [4.69, 9.17) is 15.2 Å². The number of hydrogen-bond acceptors (Lipinski definition) is 3. The van der Waals surface area contributed by atoms with Crippen molar-refractivity contribution in [2.75, 3.05) is 19.8 Å². The molecule has 1 fully saturated rings. The lowest BCUT2D eigenvalue weighted by molar-refractivity contribution is 0.0129. The van der Waals surface area contributed by atoms with Gasteiger partial charge in [0.05, 0.1) is 25.4 Å². The summed E-state index contributed by atoms with van der Waals surface area (Å²) in [5, 5.41) is 0. The molecule has 19 heavy (non-hydrogen) atoms. The van der Waals surface area contributed by atoms with E-state index in [1.807, 2.05) is 0 Å². The van der Waals surface area contributed by atoms with Gasteiger partial charge in [0.1, 0.15) is 0 Å². The fourth-order valence-electron chi connectivity index (χ4n) is 2.33. The summed E-state index contributed by atoms with van der Waals surface area (Å²) in [5.41, 5.74) is 8.62. The first-order valence-electron chi connectivity index (χ1n) is 7.21. The number of ether oxygens (including phenoxy) is 2. The Kier molecular flexibility index (Phi) is 5.37. The standard InChI is InChI=1S/C16H25NO2/c1-12(2)13-5-7-14(8-6-13)16(17)11-18-10-15-4-3-9-19-15/h5-8,12,15-16H,3-4,9-11,17H2,1-2H3. The molecule has 106 valence electrons. The first kappa shape index (κ1) is 14.5. The Balaban J connectivity index is 1.76. The number of nitrogens with two attached hydrogens (primary N) is 1. The zero-order valence-electron chi connectivity index (χ0n) is 12.0. The van der Waals surface area contributed by atoms with Gasteiger partial charge in [-0.15, -0.1) is 0 Å². The van der Waals surface area contributed by atoms with Crippen molar-refractivity contribution < 1.29 is 9.47 Å². The van der Waals surface area contributed by atoms with Crippen LogP contribution in [0.3, 0.4) is 0 Å². The summed E-state index contributed by atoms with van der Waals surface area (Å²) in [6.07, 6.45) is 2.53. The second-order valence-electron chi connectivity index (χ2n) is 5.60. The Hall–Kier alpha value is -0.900. The SMILES string of the molecule is CC(C)c1ccc(C(N)COCC2CCCO2)cc1. The van der Waals surface area contributed by atoms with Gasteiger partial charge < -0.3 is 15.2 Å². The van der Waals surface area contributed by atoms with Gasteiger partial charge in [-0.1, -0.05) is 38.1 Å². The summed E-state index contributed by atoms with van der Waals surface area (Å²) in [4.78, 5) is 0. The Labute approximate surface area is 116 Å². The van der Waals surface area contributed by atoms with E-state index in [1.54, 1.807) is 0 Å². The molecular weight excluding hydrogens is 238 g/mol. The van der Waals surface area contributed by atoms with Gasteiger partial charge in [0.2, 0.25) is 0 Å². The normalized spacial score (nSPS) is 20.9. The van der Waals surface area contributed by atoms with Crippen LogP contribution in [0.25, 0.3) is 0 Å². The van der Waals surface area contributed by atoms with Crippen molar-refractivity contribution in [3.8, 4) is 0 Å². The van der Waals surface area contributed by atoms with E-state index in [-0.39, 0.29) is 12.1 Å². The maximum atomic E-state index is 6.14. The molecule has 1 heterocycles. The maximum absolute atomic E-state index is 6.14. The number of rotatable bonds is 6. The molecule has 2 unspecified atom stereocenters. The lowest BCUT2D eigenvalue weighted by Crippen LogP contribution is -2.21. The summed E-state index contributed by atoms with van der Waals surface area (Å²) in [6.45, 7) is 6.48. The molecule has 2 atom stereocenters. The summed E-state index contributed by atoms with van der Waals surface area (Å²) in [6, 6.07) is 8.47. The highest BCUT2D eigenvalue weighted by molar-refractivity contribution is 5.26. The predicted octanol–water partition coefficient (Wildman–Crippen LogP) is 3.01. The average molecular weight is 263 g/mol. The lowest BCUT2D eigenvalue weighted by atomic mass is 10.00. The summed E-state index contributed by atoms with van der Waals surface area (Å²) in [7, 11) is 0. The van der Waals surface area contributed by atoms with Gasteiger partial charge in [0.15, 0.2) is 0 Å². The minimum atomic E-state index is -0.0531. The molecule has 0 spiro atoms. The molecule has 1 aromatic carbocycles. The van der Waals surface area contributed by atoms with Crippen LogP contribution in [-0.2, 0) is 9.47 Å². The molecule has 0 bridgehead atoms. The van der Waals surface area contributed by atoms with Crippen molar-refractivity contribution >= 4 is 0 Å². The first-order chi connectivity index (χ1) is 9.16. The number of benzene rings is 1. The van der Waals surface area contributed by atoms with E-state index in [2.05, 4.69) is 38.1 Å². The Morgan fingerprint density at radius 2 is 1.95 bits per heavy atom. The van der Waals surface area contributed by atoms with Crippen molar-refractivity contribution in [3.63, 3.8) is 0 Å². The molecule has 0 aromatic heterocycles. The van der Waals surface area contributed by atoms with E-state index < -0.39 is 0 Å². The topological polar surface area (TPSA) is 44.5 Å². The van der Waals surface area contributed by atoms with Gasteiger partial charge in [-0.2, -0.15) is 0 Å². The van der Waals surface area contributed by atoms with Crippen LogP contribution in [0.2, 0.25) is 0 Å². The fraction of sp³-hybridized carbons (Fsp3) is 0.625. The molecule has 0 saturated carbocycles. The highest BCUT2D eigenvalue weighted by atomic mass is 16.5. The molecule has 3 nitrogen and oxygen atoms in total. The number of hydrogen-bond donors (Lipinski definition) is 1. The van der Waals surface area contributed by atoms with Crippen LogP contribution in [0.15, 0.2) is 24.3 Å². The molecule has 0 aliphatic carbocycles. The quantitative estimate of drug-likeness (QED) is 0.858. The summed E-state index contributed by atoms with van der Waals surface area (Å²) < 4.78 is 11.2. The third-order valence-electron chi connectivity index (χ3n) is 3.66. The Morgan fingerprint density at radius 1 is 1.26 bits per heavy atom. The third kappa shape index (κ3) is 4.30. The first-order valence-corrected chi connectivity index (χ1v) is 7.21. The summed E-state index contributed by atoms with van der Waals surface area (Å²) >= 11 is 0. The van der Waals surface area contributed by atoms with Gasteiger partial charge in [0.25, 0.3) is 0 Å². The van der Waals surface area contributed by atoms with Gasteiger partial charge >= 0.3 is 0 Å². The molecule has 1 aliphatic rings. The second kappa shape index (κ2) is 7.04. The van der Waals surface area contributed by atoms with Crippen LogP contribution in [0.4, 0.5) is 0 Å². The van der Waals surface area contributed by atoms with Crippen molar-refractivity contribution in [3.05, 3.63) is 35.4 Å². The van der Waals surface area contributed by atoms with Crippen LogP contribution in [-0.4, -0.2) is 25.9 Å². The largest absolute Gasteiger partial charge is 0.377 e. The van der Waals surface area contributed by atoms with Crippen LogP contribution < -0.4 is 5.73 Å². The van der Waals surface area contributed by atoms with Crippen molar-refractivity contribution in [1.82, 2.24) is 0 Å². The second-order valence-corrected chi connectivity index (χ2v) is 5.60. The van der Waals surface area contributed by atoms with Crippen molar-refractivity contribution in [2.45, 2.75) is 44.8 Å². The van der Waals surface area contributed by atoms with Gasteiger partial charge in [-0.25, -0.2) is 0 Å². The monoisotopic (exact) mass is 263 g/mol. The Morgan fingerprint density at radius 3 is 2.53 bits per heavy atom. The molecule has 0 amide bonds. The molecule has 1 aliphatic heterocycles. The van der Waals surface area contributed by atoms with Crippen LogP contribution in [0, 0.1) is 0 Å². The van der Waals surface area contributed by atoms with Crippen molar-refractivity contribution in [1.29, 1.82) is 0 Å². The molecule has 1 aromatic rings. The van der Waals surface area contributed by atoms with E-state index in [9.17, 15) is 0 Å². The highest BCUT2D eigenvalue weighted by Crippen LogP contribution is 2.18. The smallest absolute Gasteiger partial charge is 0.0809 e. The Bertz CT molecular complexity index is 369. The average Bonchev–Trinajstić information content (AvgIpc) is 2.92. The minimum absolute atomic E-state index is 0.0531. The minimum Gasteiger partial charge on any atom is -0.377 e.